The monoisotopic (exact) mass is 267 g/mol. The van der Waals surface area contributed by atoms with Crippen LogP contribution in [-0.2, 0) is 4.74 Å². The molecule has 5 nitrogen and oxygen atoms in total. The number of amides is 1. The summed E-state index contributed by atoms with van der Waals surface area (Å²) in [4.78, 5) is 11.0. The fourth-order valence-corrected chi connectivity index (χ4v) is 1.64. The van der Waals surface area contributed by atoms with E-state index in [4.69, 9.17) is 5.26 Å². The summed E-state index contributed by atoms with van der Waals surface area (Å²) in [5, 5.41) is 14.6. The molecule has 1 amide bonds. The molecule has 0 spiro atoms. The quantitative estimate of drug-likeness (QED) is 0.892. The first-order chi connectivity index (χ1) is 9.71. The van der Waals surface area contributed by atoms with Gasteiger partial charge in [-0.05, 0) is 42.5 Å². The molecule has 0 saturated carbocycles. The average molecular weight is 267 g/mol. The summed E-state index contributed by atoms with van der Waals surface area (Å²) in [5.74, 6) is 0. The number of rotatable bonds is 3. The Kier molecular flexibility index (Phi) is 4.20. The molecule has 5 heteroatoms. The highest BCUT2D eigenvalue weighted by molar-refractivity contribution is 5.84. The molecular formula is C15H13N3O2. The number of hydrogen-bond acceptors (Lipinski definition) is 4. The zero-order chi connectivity index (χ0) is 14.4. The minimum atomic E-state index is -0.507. The van der Waals surface area contributed by atoms with E-state index in [0.717, 1.165) is 11.4 Å². The molecule has 2 rings (SSSR count). The van der Waals surface area contributed by atoms with Gasteiger partial charge < -0.3 is 10.1 Å². The molecule has 0 aromatic heterocycles. The zero-order valence-corrected chi connectivity index (χ0v) is 10.9. The normalized spacial score (nSPS) is 9.40. The summed E-state index contributed by atoms with van der Waals surface area (Å²) in [6, 6.07) is 16.5. The fraction of sp³-hybridized carbons (Fsp3) is 0.0667. The van der Waals surface area contributed by atoms with Crippen LogP contribution in [0.15, 0.2) is 48.5 Å². The van der Waals surface area contributed by atoms with E-state index in [1.807, 2.05) is 24.3 Å². The molecule has 0 bridgehead atoms. The molecule has 0 saturated heterocycles. The first kappa shape index (κ1) is 13.4. The van der Waals surface area contributed by atoms with Crippen molar-refractivity contribution in [1.82, 2.24) is 0 Å². The minimum absolute atomic E-state index is 0.507. The lowest BCUT2D eigenvalue weighted by Crippen LogP contribution is -2.10. The second-order valence-corrected chi connectivity index (χ2v) is 4.01. The molecule has 0 aliphatic heterocycles. The summed E-state index contributed by atoms with van der Waals surface area (Å²) in [6.07, 6.45) is -0.507. The summed E-state index contributed by atoms with van der Waals surface area (Å²) in [7, 11) is 1.31. The molecule has 0 heterocycles. The van der Waals surface area contributed by atoms with Crippen LogP contribution in [0.4, 0.5) is 21.9 Å². The van der Waals surface area contributed by atoms with Crippen LogP contribution in [0.5, 0.6) is 0 Å². The third-order valence-electron chi connectivity index (χ3n) is 2.60. The molecule has 100 valence electrons. The maximum absolute atomic E-state index is 11.0. The largest absolute Gasteiger partial charge is 0.453 e. The van der Waals surface area contributed by atoms with Crippen LogP contribution >= 0.6 is 0 Å². The van der Waals surface area contributed by atoms with Gasteiger partial charge in [-0.15, -0.1) is 0 Å². The predicted octanol–water partition coefficient (Wildman–Crippen LogP) is 3.48. The van der Waals surface area contributed by atoms with Crippen molar-refractivity contribution in [2.75, 3.05) is 17.7 Å². The molecule has 2 N–H and O–H groups in total. The number of anilines is 3. The number of carbonyl (C=O) groups is 1. The predicted molar refractivity (Wildman–Crippen MR) is 76.9 cm³/mol. The summed E-state index contributed by atoms with van der Waals surface area (Å²) >= 11 is 0. The number of benzene rings is 2. The van der Waals surface area contributed by atoms with Crippen LogP contribution in [0.3, 0.4) is 0 Å². The van der Waals surface area contributed by atoms with E-state index in [2.05, 4.69) is 21.4 Å². The van der Waals surface area contributed by atoms with Crippen molar-refractivity contribution in [3.05, 3.63) is 54.1 Å². The molecule has 2 aromatic carbocycles. The number of carbonyl (C=O) groups excluding carboxylic acids is 1. The van der Waals surface area contributed by atoms with E-state index in [0.29, 0.717) is 11.3 Å². The standard InChI is InChI=1S/C15H13N3O2/c1-20-15(19)18-13-7-5-12(6-8-13)17-14-4-2-3-11(9-14)10-16/h2-9,17H,1H3,(H,18,19). The molecule has 0 unspecified atom stereocenters. The van der Waals surface area contributed by atoms with Gasteiger partial charge in [-0.25, -0.2) is 4.79 Å². The van der Waals surface area contributed by atoms with Gasteiger partial charge in [0.25, 0.3) is 0 Å². The van der Waals surface area contributed by atoms with Crippen molar-refractivity contribution in [2.45, 2.75) is 0 Å². The number of nitrogens with zero attached hydrogens (tertiary/aromatic N) is 1. The Hall–Kier alpha value is -3.00. The van der Waals surface area contributed by atoms with E-state index >= 15 is 0 Å². The Labute approximate surface area is 116 Å². The van der Waals surface area contributed by atoms with Crippen LogP contribution in [-0.4, -0.2) is 13.2 Å². The van der Waals surface area contributed by atoms with Gasteiger partial charge in [0.2, 0.25) is 0 Å². The molecule has 0 aliphatic rings. The highest BCUT2D eigenvalue weighted by Gasteiger charge is 2.01. The van der Waals surface area contributed by atoms with Crippen molar-refractivity contribution < 1.29 is 9.53 Å². The van der Waals surface area contributed by atoms with Crippen molar-refractivity contribution in [1.29, 1.82) is 5.26 Å². The number of ether oxygens (including phenoxy) is 1. The smallest absolute Gasteiger partial charge is 0.411 e. The third kappa shape index (κ3) is 3.50. The Morgan fingerprint density at radius 3 is 2.45 bits per heavy atom. The van der Waals surface area contributed by atoms with E-state index in [9.17, 15) is 4.79 Å². The van der Waals surface area contributed by atoms with Crippen LogP contribution < -0.4 is 10.6 Å². The minimum Gasteiger partial charge on any atom is -0.453 e. The van der Waals surface area contributed by atoms with Gasteiger partial charge in [0.15, 0.2) is 0 Å². The zero-order valence-electron chi connectivity index (χ0n) is 10.9. The SMILES string of the molecule is COC(=O)Nc1ccc(Nc2cccc(C#N)c2)cc1. The maximum Gasteiger partial charge on any atom is 0.411 e. The molecule has 0 aliphatic carbocycles. The van der Waals surface area contributed by atoms with Crippen LogP contribution in [0.2, 0.25) is 0 Å². The topological polar surface area (TPSA) is 74.2 Å². The summed E-state index contributed by atoms with van der Waals surface area (Å²) in [6.45, 7) is 0. The average Bonchev–Trinajstić information content (AvgIpc) is 2.49. The Bertz CT molecular complexity index is 645. The van der Waals surface area contributed by atoms with Gasteiger partial charge in [0.1, 0.15) is 0 Å². The van der Waals surface area contributed by atoms with Gasteiger partial charge in [0, 0.05) is 17.1 Å². The van der Waals surface area contributed by atoms with Crippen LogP contribution in [0.25, 0.3) is 0 Å². The van der Waals surface area contributed by atoms with Gasteiger partial charge in [-0.2, -0.15) is 5.26 Å². The number of nitrogens with one attached hydrogen (secondary N) is 2. The summed E-state index contributed by atoms with van der Waals surface area (Å²) in [5.41, 5.74) is 2.93. The van der Waals surface area contributed by atoms with Crippen molar-refractivity contribution in [3.63, 3.8) is 0 Å². The molecule has 0 fully saturated rings. The van der Waals surface area contributed by atoms with E-state index in [1.54, 1.807) is 24.3 Å². The number of nitriles is 1. The number of hydrogen-bond donors (Lipinski definition) is 2. The van der Waals surface area contributed by atoms with Gasteiger partial charge in [0.05, 0.1) is 18.7 Å². The summed E-state index contributed by atoms with van der Waals surface area (Å²) < 4.78 is 4.51. The second kappa shape index (κ2) is 6.25. The highest BCUT2D eigenvalue weighted by Crippen LogP contribution is 2.19. The first-order valence-electron chi connectivity index (χ1n) is 5.93. The van der Waals surface area contributed by atoms with Crippen molar-refractivity contribution in [3.8, 4) is 6.07 Å². The Balaban J connectivity index is 2.07. The Morgan fingerprint density at radius 2 is 1.80 bits per heavy atom. The maximum atomic E-state index is 11.0. The lowest BCUT2D eigenvalue weighted by molar-refractivity contribution is 0.187. The first-order valence-corrected chi connectivity index (χ1v) is 5.93. The fourth-order valence-electron chi connectivity index (χ4n) is 1.64. The lowest BCUT2D eigenvalue weighted by Gasteiger charge is -2.08. The van der Waals surface area contributed by atoms with Crippen LogP contribution in [0, 0.1) is 11.3 Å². The molecule has 0 atom stereocenters. The van der Waals surface area contributed by atoms with Crippen molar-refractivity contribution >= 4 is 23.2 Å². The van der Waals surface area contributed by atoms with Gasteiger partial charge in [-0.1, -0.05) is 6.07 Å². The van der Waals surface area contributed by atoms with E-state index in [-0.39, 0.29) is 0 Å². The van der Waals surface area contributed by atoms with Gasteiger partial charge in [-0.3, -0.25) is 5.32 Å². The molecular weight excluding hydrogens is 254 g/mol. The molecule has 0 radical (unpaired) electrons. The van der Waals surface area contributed by atoms with E-state index in [1.165, 1.54) is 7.11 Å². The van der Waals surface area contributed by atoms with Crippen molar-refractivity contribution in [2.24, 2.45) is 0 Å². The highest BCUT2D eigenvalue weighted by atomic mass is 16.5. The Morgan fingerprint density at radius 1 is 1.10 bits per heavy atom. The lowest BCUT2D eigenvalue weighted by atomic mass is 10.2. The molecule has 20 heavy (non-hydrogen) atoms. The number of methoxy groups -OCH3 is 1. The van der Waals surface area contributed by atoms with Crippen LogP contribution in [0.1, 0.15) is 5.56 Å². The van der Waals surface area contributed by atoms with Gasteiger partial charge >= 0.3 is 6.09 Å². The van der Waals surface area contributed by atoms with E-state index < -0.39 is 6.09 Å². The molecule has 2 aromatic rings. The second-order valence-electron chi connectivity index (χ2n) is 4.01. The third-order valence-corrected chi connectivity index (χ3v) is 2.60.